The average molecular weight is 285 g/mol. The first-order valence-electron chi connectivity index (χ1n) is 8.19. The zero-order valence-electron chi connectivity index (χ0n) is 12.7. The molecule has 2 aliphatic rings. The minimum Gasteiger partial charge on any atom is -0.394 e. The summed E-state index contributed by atoms with van der Waals surface area (Å²) in [7, 11) is 0. The van der Waals surface area contributed by atoms with Crippen LogP contribution in [0.3, 0.4) is 0 Å². The second-order valence-corrected chi connectivity index (χ2v) is 8.37. The summed E-state index contributed by atoms with van der Waals surface area (Å²) in [6.45, 7) is 5.95. The lowest BCUT2D eigenvalue weighted by atomic mass is 9.91. The van der Waals surface area contributed by atoms with E-state index >= 15 is 0 Å². The lowest BCUT2D eigenvalue weighted by molar-refractivity contribution is 0.165. The molecule has 0 spiro atoms. The van der Waals surface area contributed by atoms with Gasteiger partial charge in [-0.25, -0.2) is 0 Å². The molecule has 112 valence electrons. The molecule has 0 aromatic heterocycles. The van der Waals surface area contributed by atoms with Crippen LogP contribution in [0.1, 0.15) is 65.2 Å². The van der Waals surface area contributed by atoms with E-state index in [9.17, 15) is 5.11 Å². The Hall–Kier alpha value is 0.270. The van der Waals surface area contributed by atoms with Gasteiger partial charge < -0.3 is 10.4 Å². The van der Waals surface area contributed by atoms with Crippen molar-refractivity contribution in [3.05, 3.63) is 0 Å². The SMILES string of the molecule is CCCNC1(CO)CCC(SC2CCCC(C)C2)C1. The van der Waals surface area contributed by atoms with Crippen molar-refractivity contribution in [1.82, 2.24) is 5.32 Å². The van der Waals surface area contributed by atoms with Crippen LogP contribution in [0.25, 0.3) is 0 Å². The molecule has 2 rings (SSSR count). The highest BCUT2D eigenvalue weighted by Crippen LogP contribution is 2.42. The quantitative estimate of drug-likeness (QED) is 0.782. The predicted octanol–water partition coefficient (Wildman–Crippen LogP) is 3.58. The molecule has 0 saturated heterocycles. The summed E-state index contributed by atoms with van der Waals surface area (Å²) < 4.78 is 0. The Morgan fingerprint density at radius 3 is 2.79 bits per heavy atom. The summed E-state index contributed by atoms with van der Waals surface area (Å²) in [5, 5.41) is 15.0. The second kappa shape index (κ2) is 7.33. The normalized spacial score (nSPS) is 39.6. The summed E-state index contributed by atoms with van der Waals surface area (Å²) in [6, 6.07) is 0. The van der Waals surface area contributed by atoms with E-state index in [1.165, 1.54) is 38.5 Å². The smallest absolute Gasteiger partial charge is 0.0613 e. The van der Waals surface area contributed by atoms with E-state index in [-0.39, 0.29) is 5.54 Å². The van der Waals surface area contributed by atoms with Crippen LogP contribution in [-0.2, 0) is 0 Å². The van der Waals surface area contributed by atoms with E-state index in [1.807, 2.05) is 0 Å². The van der Waals surface area contributed by atoms with Gasteiger partial charge in [0.05, 0.1) is 6.61 Å². The molecule has 0 aromatic carbocycles. The van der Waals surface area contributed by atoms with Gasteiger partial charge in [-0.3, -0.25) is 0 Å². The van der Waals surface area contributed by atoms with Gasteiger partial charge in [0, 0.05) is 16.0 Å². The van der Waals surface area contributed by atoms with Crippen LogP contribution in [0, 0.1) is 5.92 Å². The van der Waals surface area contributed by atoms with Crippen LogP contribution in [0.2, 0.25) is 0 Å². The number of hydrogen-bond acceptors (Lipinski definition) is 3. The third kappa shape index (κ3) is 4.37. The maximum absolute atomic E-state index is 9.74. The van der Waals surface area contributed by atoms with E-state index < -0.39 is 0 Å². The first-order chi connectivity index (χ1) is 9.17. The molecule has 2 fully saturated rings. The fourth-order valence-corrected chi connectivity index (χ4v) is 5.67. The molecule has 2 aliphatic carbocycles. The minimum atomic E-state index is 0.0357. The van der Waals surface area contributed by atoms with Crippen LogP contribution in [-0.4, -0.2) is 34.3 Å². The van der Waals surface area contributed by atoms with Gasteiger partial charge in [0.25, 0.3) is 0 Å². The highest BCUT2D eigenvalue weighted by molar-refractivity contribution is 8.00. The summed E-state index contributed by atoms with van der Waals surface area (Å²) in [6.07, 6.45) is 10.4. The van der Waals surface area contributed by atoms with Crippen molar-refractivity contribution >= 4 is 11.8 Å². The van der Waals surface area contributed by atoms with Gasteiger partial charge in [0.2, 0.25) is 0 Å². The number of aliphatic hydroxyl groups excluding tert-OH is 1. The van der Waals surface area contributed by atoms with Crippen LogP contribution >= 0.6 is 11.8 Å². The molecule has 0 amide bonds. The van der Waals surface area contributed by atoms with E-state index in [0.717, 1.165) is 35.8 Å². The minimum absolute atomic E-state index is 0.0357. The van der Waals surface area contributed by atoms with Gasteiger partial charge >= 0.3 is 0 Å². The Bertz CT molecular complexity index is 273. The van der Waals surface area contributed by atoms with E-state index in [2.05, 4.69) is 30.9 Å². The molecule has 4 unspecified atom stereocenters. The van der Waals surface area contributed by atoms with Crippen molar-refractivity contribution in [2.45, 2.75) is 81.3 Å². The van der Waals surface area contributed by atoms with Crippen molar-refractivity contribution in [3.8, 4) is 0 Å². The number of rotatable bonds is 6. The van der Waals surface area contributed by atoms with Crippen molar-refractivity contribution in [2.24, 2.45) is 5.92 Å². The zero-order valence-corrected chi connectivity index (χ0v) is 13.5. The van der Waals surface area contributed by atoms with Gasteiger partial charge in [-0.1, -0.05) is 26.7 Å². The lowest BCUT2D eigenvalue weighted by Crippen LogP contribution is -2.46. The topological polar surface area (TPSA) is 32.3 Å². The first-order valence-corrected chi connectivity index (χ1v) is 9.13. The molecule has 2 N–H and O–H groups in total. The molecule has 2 saturated carbocycles. The third-order valence-corrected chi connectivity index (χ3v) is 6.49. The summed E-state index contributed by atoms with van der Waals surface area (Å²) in [4.78, 5) is 0. The Balaban J connectivity index is 1.80. The van der Waals surface area contributed by atoms with E-state index in [1.54, 1.807) is 0 Å². The Kier molecular flexibility index (Phi) is 6.04. The highest BCUT2D eigenvalue weighted by atomic mass is 32.2. The highest BCUT2D eigenvalue weighted by Gasteiger charge is 2.39. The predicted molar refractivity (Wildman–Crippen MR) is 84.8 cm³/mol. The van der Waals surface area contributed by atoms with Gasteiger partial charge in [0.15, 0.2) is 0 Å². The van der Waals surface area contributed by atoms with Gasteiger partial charge in [-0.2, -0.15) is 11.8 Å². The number of thioether (sulfide) groups is 1. The van der Waals surface area contributed by atoms with Gasteiger partial charge in [-0.05, 0) is 51.0 Å². The summed E-state index contributed by atoms with van der Waals surface area (Å²) in [5.74, 6) is 0.925. The van der Waals surface area contributed by atoms with Gasteiger partial charge in [-0.15, -0.1) is 0 Å². The molecule has 0 bridgehead atoms. The monoisotopic (exact) mass is 285 g/mol. The van der Waals surface area contributed by atoms with Crippen LogP contribution < -0.4 is 5.32 Å². The van der Waals surface area contributed by atoms with E-state index in [4.69, 9.17) is 0 Å². The van der Waals surface area contributed by atoms with Crippen LogP contribution in [0.4, 0.5) is 0 Å². The lowest BCUT2D eigenvalue weighted by Gasteiger charge is -2.31. The average Bonchev–Trinajstić information content (AvgIpc) is 2.80. The molecule has 0 heterocycles. The molecular formula is C16H31NOS. The zero-order chi connectivity index (χ0) is 13.7. The number of aliphatic hydroxyl groups is 1. The molecule has 3 heteroatoms. The molecule has 0 aliphatic heterocycles. The number of hydrogen-bond donors (Lipinski definition) is 2. The molecule has 19 heavy (non-hydrogen) atoms. The van der Waals surface area contributed by atoms with Crippen molar-refractivity contribution in [2.75, 3.05) is 13.2 Å². The first kappa shape index (κ1) is 15.7. The van der Waals surface area contributed by atoms with Crippen molar-refractivity contribution in [1.29, 1.82) is 0 Å². The Labute approximate surface area is 123 Å². The van der Waals surface area contributed by atoms with Crippen molar-refractivity contribution in [3.63, 3.8) is 0 Å². The third-order valence-electron chi connectivity index (χ3n) is 4.89. The molecular weight excluding hydrogens is 254 g/mol. The maximum atomic E-state index is 9.74. The number of nitrogens with one attached hydrogen (secondary N) is 1. The largest absolute Gasteiger partial charge is 0.394 e. The van der Waals surface area contributed by atoms with Crippen LogP contribution in [0.15, 0.2) is 0 Å². The second-order valence-electron chi connectivity index (χ2n) is 6.76. The summed E-state index contributed by atoms with van der Waals surface area (Å²) >= 11 is 2.23. The molecule has 2 nitrogen and oxygen atoms in total. The Morgan fingerprint density at radius 2 is 2.11 bits per heavy atom. The van der Waals surface area contributed by atoms with E-state index in [0.29, 0.717) is 6.61 Å². The van der Waals surface area contributed by atoms with Crippen molar-refractivity contribution < 1.29 is 5.11 Å². The molecule has 0 radical (unpaired) electrons. The van der Waals surface area contributed by atoms with Crippen LogP contribution in [0.5, 0.6) is 0 Å². The summed E-state index contributed by atoms with van der Waals surface area (Å²) in [5.41, 5.74) is 0.0357. The fraction of sp³-hybridized carbons (Fsp3) is 1.00. The molecule has 4 atom stereocenters. The maximum Gasteiger partial charge on any atom is 0.0613 e. The standard InChI is InChI=1S/C16H31NOS/c1-3-9-17-16(12-18)8-7-15(11-16)19-14-6-4-5-13(2)10-14/h13-15,17-18H,3-12H2,1-2H3. The molecule has 0 aromatic rings. The van der Waals surface area contributed by atoms with Gasteiger partial charge in [0.1, 0.15) is 0 Å². The fourth-order valence-electron chi connectivity index (χ4n) is 3.72. The Morgan fingerprint density at radius 1 is 1.26 bits per heavy atom.